The van der Waals surface area contributed by atoms with E-state index in [4.69, 9.17) is 4.99 Å². The summed E-state index contributed by atoms with van der Waals surface area (Å²) >= 11 is 0. The average Bonchev–Trinajstić information content (AvgIpc) is 2.95. The van der Waals surface area contributed by atoms with Crippen LogP contribution in [0, 0.1) is 11.7 Å². The van der Waals surface area contributed by atoms with Gasteiger partial charge in [-0.1, -0.05) is 26.0 Å². The minimum Gasteiger partial charge on any atom is -0.357 e. The van der Waals surface area contributed by atoms with Crippen LogP contribution in [0.4, 0.5) is 4.39 Å². The van der Waals surface area contributed by atoms with Gasteiger partial charge in [0.1, 0.15) is 5.82 Å². The van der Waals surface area contributed by atoms with Gasteiger partial charge in [0.15, 0.2) is 5.96 Å². The minimum absolute atomic E-state index is 0. The van der Waals surface area contributed by atoms with Crippen molar-refractivity contribution in [2.24, 2.45) is 10.9 Å². The number of hydrogen-bond acceptors (Lipinski definition) is 2. The van der Waals surface area contributed by atoms with Crippen molar-refractivity contribution in [2.75, 3.05) is 39.8 Å². The Morgan fingerprint density at radius 3 is 2.72 bits per heavy atom. The summed E-state index contributed by atoms with van der Waals surface area (Å²) in [5, 5.41) is 6.76. The summed E-state index contributed by atoms with van der Waals surface area (Å²) < 4.78 is 13.5. The molecule has 1 heterocycles. The van der Waals surface area contributed by atoms with Crippen LogP contribution in [0.5, 0.6) is 0 Å². The predicted molar refractivity (Wildman–Crippen MR) is 114 cm³/mol. The van der Waals surface area contributed by atoms with Crippen molar-refractivity contribution in [3.63, 3.8) is 0 Å². The van der Waals surface area contributed by atoms with Crippen molar-refractivity contribution in [3.05, 3.63) is 35.6 Å². The molecule has 0 amide bonds. The number of guanidine groups is 1. The van der Waals surface area contributed by atoms with Gasteiger partial charge in [0.2, 0.25) is 0 Å². The topological polar surface area (TPSA) is 39.7 Å². The van der Waals surface area contributed by atoms with Gasteiger partial charge >= 0.3 is 0 Å². The second-order valence-electron chi connectivity index (χ2n) is 7.39. The highest BCUT2D eigenvalue weighted by atomic mass is 127. The summed E-state index contributed by atoms with van der Waals surface area (Å²) in [7, 11) is 2.17. The molecule has 0 spiro atoms. The van der Waals surface area contributed by atoms with E-state index in [1.165, 1.54) is 19.0 Å². The molecular formula is C19H32FIN4. The molecule has 25 heavy (non-hydrogen) atoms. The van der Waals surface area contributed by atoms with E-state index in [2.05, 4.69) is 43.4 Å². The molecule has 0 aromatic heterocycles. The highest BCUT2D eigenvalue weighted by Crippen LogP contribution is 2.24. The molecule has 6 heteroatoms. The fraction of sp³-hybridized carbons (Fsp3) is 0.632. The summed E-state index contributed by atoms with van der Waals surface area (Å²) in [4.78, 5) is 7.09. The Balaban J connectivity index is 0.00000312. The van der Waals surface area contributed by atoms with Gasteiger partial charge in [-0.05, 0) is 50.6 Å². The lowest BCUT2D eigenvalue weighted by Crippen LogP contribution is -2.41. The molecular weight excluding hydrogens is 430 g/mol. The summed E-state index contributed by atoms with van der Waals surface area (Å²) in [5.41, 5.74) is 0.761. The van der Waals surface area contributed by atoms with Gasteiger partial charge in [-0.3, -0.25) is 4.99 Å². The van der Waals surface area contributed by atoms with Crippen molar-refractivity contribution < 1.29 is 4.39 Å². The van der Waals surface area contributed by atoms with E-state index in [9.17, 15) is 4.39 Å². The maximum Gasteiger partial charge on any atom is 0.191 e. The van der Waals surface area contributed by atoms with Gasteiger partial charge in [0.25, 0.3) is 0 Å². The van der Waals surface area contributed by atoms with Crippen molar-refractivity contribution in [1.29, 1.82) is 0 Å². The number of nitrogens with one attached hydrogen (secondary N) is 2. The first kappa shape index (κ1) is 22.2. The van der Waals surface area contributed by atoms with Gasteiger partial charge in [0.05, 0.1) is 6.54 Å². The van der Waals surface area contributed by atoms with E-state index in [0.29, 0.717) is 12.5 Å². The van der Waals surface area contributed by atoms with Gasteiger partial charge in [-0.25, -0.2) is 4.39 Å². The first-order valence-electron chi connectivity index (χ1n) is 8.87. The van der Waals surface area contributed by atoms with E-state index in [-0.39, 0.29) is 35.2 Å². The van der Waals surface area contributed by atoms with Crippen LogP contribution in [0.1, 0.15) is 32.8 Å². The number of hydrogen-bond donors (Lipinski definition) is 2. The van der Waals surface area contributed by atoms with Crippen molar-refractivity contribution >= 4 is 29.9 Å². The van der Waals surface area contributed by atoms with E-state index < -0.39 is 0 Å². The molecule has 0 saturated carbocycles. The van der Waals surface area contributed by atoms with Gasteiger partial charge in [-0.15, -0.1) is 24.0 Å². The standard InChI is InChI=1S/C19H31FN4.HI/c1-5-21-18(22-12-15-9-10-24(4)13-15)23-14-19(2,3)16-7-6-8-17(20)11-16;/h6-8,11,15H,5,9-10,12-14H2,1-4H3,(H2,21,22,23);1H. The van der Waals surface area contributed by atoms with Crippen LogP contribution < -0.4 is 10.6 Å². The maximum absolute atomic E-state index is 13.5. The Kier molecular flexibility index (Phi) is 9.13. The van der Waals surface area contributed by atoms with Gasteiger partial charge < -0.3 is 15.5 Å². The Morgan fingerprint density at radius 2 is 2.12 bits per heavy atom. The Morgan fingerprint density at radius 1 is 1.36 bits per heavy atom. The predicted octanol–water partition coefficient (Wildman–Crippen LogP) is 3.23. The highest BCUT2D eigenvalue weighted by molar-refractivity contribution is 14.0. The normalized spacial score (nSPS) is 18.8. The molecule has 1 aliphatic heterocycles. The second-order valence-corrected chi connectivity index (χ2v) is 7.39. The number of likely N-dealkylation sites (tertiary alicyclic amines) is 1. The molecule has 1 unspecified atom stereocenters. The third kappa shape index (κ3) is 7.09. The molecule has 4 nitrogen and oxygen atoms in total. The van der Waals surface area contributed by atoms with Crippen molar-refractivity contribution in [1.82, 2.24) is 15.5 Å². The third-order valence-corrected chi connectivity index (χ3v) is 4.63. The Labute approximate surface area is 168 Å². The van der Waals surface area contributed by atoms with Crippen LogP contribution in [-0.4, -0.2) is 50.6 Å². The Bertz CT molecular complexity index is 562. The van der Waals surface area contributed by atoms with E-state index >= 15 is 0 Å². The van der Waals surface area contributed by atoms with Crippen LogP contribution in [0.15, 0.2) is 29.3 Å². The summed E-state index contributed by atoms with van der Waals surface area (Å²) in [6.07, 6.45) is 1.23. The molecule has 1 fully saturated rings. The molecule has 1 aromatic carbocycles. The van der Waals surface area contributed by atoms with Crippen LogP contribution in [0.25, 0.3) is 0 Å². The van der Waals surface area contributed by atoms with E-state index in [1.54, 1.807) is 12.1 Å². The van der Waals surface area contributed by atoms with Crippen molar-refractivity contribution in [3.8, 4) is 0 Å². The molecule has 1 atom stereocenters. The number of nitrogens with zero attached hydrogens (tertiary/aromatic N) is 2. The van der Waals surface area contributed by atoms with Crippen LogP contribution in [0.3, 0.4) is 0 Å². The molecule has 142 valence electrons. The van der Waals surface area contributed by atoms with Crippen LogP contribution in [0.2, 0.25) is 0 Å². The summed E-state index contributed by atoms with van der Waals surface area (Å²) in [6.45, 7) is 11.0. The molecule has 2 N–H and O–H groups in total. The lowest BCUT2D eigenvalue weighted by molar-refractivity contribution is 0.393. The first-order chi connectivity index (χ1) is 11.4. The van der Waals surface area contributed by atoms with Crippen molar-refractivity contribution in [2.45, 2.75) is 32.6 Å². The molecule has 0 aliphatic carbocycles. The highest BCUT2D eigenvalue weighted by Gasteiger charge is 2.22. The largest absolute Gasteiger partial charge is 0.357 e. The van der Waals surface area contributed by atoms with Gasteiger partial charge in [0, 0.05) is 25.0 Å². The molecule has 0 bridgehead atoms. The fourth-order valence-electron chi connectivity index (χ4n) is 3.05. The quantitative estimate of drug-likeness (QED) is 0.388. The first-order valence-corrected chi connectivity index (χ1v) is 8.87. The number of aliphatic imine (C=N–C) groups is 1. The molecule has 1 saturated heterocycles. The zero-order valence-electron chi connectivity index (χ0n) is 15.8. The minimum atomic E-state index is -0.210. The number of halogens is 2. The second kappa shape index (κ2) is 10.3. The van der Waals surface area contributed by atoms with E-state index in [1.807, 2.05) is 6.07 Å². The lowest BCUT2D eigenvalue weighted by Gasteiger charge is -2.24. The average molecular weight is 462 g/mol. The number of rotatable bonds is 6. The molecule has 2 rings (SSSR count). The smallest absolute Gasteiger partial charge is 0.191 e. The summed E-state index contributed by atoms with van der Waals surface area (Å²) in [6, 6.07) is 6.81. The van der Waals surface area contributed by atoms with E-state index in [0.717, 1.165) is 31.2 Å². The molecule has 1 aliphatic rings. The monoisotopic (exact) mass is 462 g/mol. The lowest BCUT2D eigenvalue weighted by atomic mass is 9.85. The van der Waals surface area contributed by atoms with Crippen LogP contribution >= 0.6 is 24.0 Å². The zero-order valence-corrected chi connectivity index (χ0v) is 18.1. The van der Waals surface area contributed by atoms with Crippen LogP contribution in [-0.2, 0) is 5.41 Å². The number of benzene rings is 1. The SMILES string of the molecule is CCNC(=NCC(C)(C)c1cccc(F)c1)NCC1CCN(C)C1.I. The van der Waals surface area contributed by atoms with Gasteiger partial charge in [-0.2, -0.15) is 0 Å². The summed E-state index contributed by atoms with van der Waals surface area (Å²) in [5.74, 6) is 1.33. The zero-order chi connectivity index (χ0) is 17.6. The fourth-order valence-corrected chi connectivity index (χ4v) is 3.05. The molecule has 1 aromatic rings. The Hall–Kier alpha value is -0.890. The third-order valence-electron chi connectivity index (χ3n) is 4.63. The molecule has 0 radical (unpaired) electrons. The maximum atomic E-state index is 13.5.